The molecule has 66 heavy (non-hydrogen) atoms. The van der Waals surface area contributed by atoms with Crippen molar-refractivity contribution in [1.29, 1.82) is 0 Å². The van der Waals surface area contributed by atoms with E-state index in [2.05, 4.69) is 192 Å². The summed E-state index contributed by atoms with van der Waals surface area (Å²) in [6.07, 6.45) is 0. The van der Waals surface area contributed by atoms with Crippen molar-refractivity contribution < 1.29 is 18.9 Å². The highest BCUT2D eigenvalue weighted by molar-refractivity contribution is 7.02. The second-order valence-corrected chi connectivity index (χ2v) is 18.2. The van der Waals surface area contributed by atoms with Crippen molar-refractivity contribution >= 4 is 123 Å². The van der Waals surface area contributed by atoms with E-state index in [1.54, 1.807) is 0 Å². The number of para-hydroxylation sites is 2. The lowest BCUT2D eigenvalue weighted by molar-refractivity contribution is 0.468. The van der Waals surface area contributed by atoms with Crippen LogP contribution in [0.25, 0.3) is 43.1 Å². The molecule has 6 nitrogen and oxygen atoms in total. The van der Waals surface area contributed by atoms with Crippen molar-refractivity contribution in [2.45, 2.75) is 0 Å². The highest BCUT2D eigenvalue weighted by atomic mass is 16.5. The predicted octanol–water partition coefficient (Wildman–Crippen LogP) is 11.3. The molecule has 0 amide bonds. The molecule has 11 aromatic carbocycles. The first-order valence-corrected chi connectivity index (χ1v) is 22.6. The number of hydrogen-bond donors (Lipinski definition) is 0. The summed E-state index contributed by atoms with van der Waals surface area (Å²) in [6.45, 7) is -0.311. The Morgan fingerprint density at radius 2 is 0.727 bits per heavy atom. The van der Waals surface area contributed by atoms with Crippen LogP contribution in [0.3, 0.4) is 0 Å². The van der Waals surface area contributed by atoms with Gasteiger partial charge in [-0.05, 0) is 105 Å². The smallest absolute Gasteiger partial charge is 0.266 e. The number of fused-ring (bicyclic) bond motifs is 9. The Kier molecular flexibility index (Phi) is 6.03. The number of nitrogens with zero attached hydrogens (tertiary/aromatic N) is 2. The van der Waals surface area contributed by atoms with Crippen molar-refractivity contribution in [2.75, 3.05) is 9.80 Å². The first-order chi connectivity index (χ1) is 32.7. The molecule has 0 aromatic heterocycles. The molecule has 0 radical (unpaired) electrons. The largest absolute Gasteiger partial charge is 0.458 e. The van der Waals surface area contributed by atoms with Crippen LogP contribution in [0.4, 0.5) is 34.1 Å². The van der Waals surface area contributed by atoms with Crippen molar-refractivity contribution in [2.24, 2.45) is 0 Å². The highest BCUT2D eigenvalue weighted by Gasteiger charge is 2.52. The molecule has 6 heterocycles. The fourth-order valence-electron chi connectivity index (χ4n) is 12.5. The molecular weight excluding hydrogens is 810 g/mol. The zero-order valence-electron chi connectivity index (χ0n) is 35.0. The van der Waals surface area contributed by atoms with Crippen molar-refractivity contribution in [1.82, 2.24) is 0 Å². The topological polar surface area (TPSA) is 43.4 Å². The number of rotatable bonds is 2. The summed E-state index contributed by atoms with van der Waals surface area (Å²) < 4.78 is 29.1. The third-order valence-electron chi connectivity index (χ3n) is 15.0. The fraction of sp³-hybridized carbons (Fsp3) is 0. The SMILES string of the molecule is c1ccc(N2c3cccc4c3B3c5c(cc6ccccc6c5Oc5cc6c7c8c(cc6c2c53)Oc2c3c(cc5ccccc25)Oc2c(c(cc5ccccc25)N7c2ccccc2)B38)O4)cc1. The predicted molar refractivity (Wildman–Crippen MR) is 268 cm³/mol. The van der Waals surface area contributed by atoms with Gasteiger partial charge in [-0.1, -0.05) is 115 Å². The maximum Gasteiger partial charge on any atom is 0.266 e. The van der Waals surface area contributed by atoms with Crippen molar-refractivity contribution in [3.05, 3.63) is 182 Å². The second kappa shape index (κ2) is 11.7. The van der Waals surface area contributed by atoms with E-state index in [4.69, 9.17) is 18.9 Å². The van der Waals surface area contributed by atoms with Gasteiger partial charge in [0.25, 0.3) is 13.4 Å². The summed E-state index contributed by atoms with van der Waals surface area (Å²) in [6, 6.07) is 65.1. The van der Waals surface area contributed by atoms with Crippen molar-refractivity contribution in [3.63, 3.8) is 0 Å². The third kappa shape index (κ3) is 4.00. The zero-order chi connectivity index (χ0) is 42.5. The molecule has 0 N–H and O–H groups in total. The maximum absolute atomic E-state index is 7.50. The lowest BCUT2D eigenvalue weighted by Gasteiger charge is -2.46. The van der Waals surface area contributed by atoms with Crippen LogP contribution < -0.4 is 61.5 Å². The highest BCUT2D eigenvalue weighted by Crippen LogP contribution is 2.55. The van der Waals surface area contributed by atoms with E-state index in [0.717, 1.165) is 156 Å². The molecule has 0 spiro atoms. The van der Waals surface area contributed by atoms with Gasteiger partial charge in [-0.3, -0.25) is 0 Å². The average Bonchev–Trinajstić information content (AvgIpc) is 3.37. The van der Waals surface area contributed by atoms with Gasteiger partial charge in [0.15, 0.2) is 0 Å². The van der Waals surface area contributed by atoms with Crippen LogP contribution >= 0.6 is 0 Å². The summed E-state index contributed by atoms with van der Waals surface area (Å²) in [5.41, 5.74) is 13.1. The summed E-state index contributed by atoms with van der Waals surface area (Å²) >= 11 is 0. The Labute approximate surface area is 378 Å². The molecule has 0 atom stereocenters. The fourth-order valence-corrected chi connectivity index (χ4v) is 12.5. The molecule has 11 aromatic rings. The Morgan fingerprint density at radius 3 is 1.29 bits per heavy atom. The second-order valence-electron chi connectivity index (χ2n) is 18.2. The monoisotopic (exact) mass is 840 g/mol. The molecule has 0 aliphatic carbocycles. The Morgan fingerprint density at radius 1 is 0.288 bits per heavy atom. The van der Waals surface area contributed by atoms with Gasteiger partial charge in [0, 0.05) is 60.6 Å². The van der Waals surface area contributed by atoms with E-state index in [-0.39, 0.29) is 13.4 Å². The number of hydrogen-bond acceptors (Lipinski definition) is 6. The van der Waals surface area contributed by atoms with E-state index in [0.29, 0.717) is 0 Å². The lowest BCUT2D eigenvalue weighted by Crippen LogP contribution is -2.62. The van der Waals surface area contributed by atoms with Gasteiger partial charge in [-0.25, -0.2) is 0 Å². The van der Waals surface area contributed by atoms with E-state index in [1.165, 1.54) is 0 Å². The van der Waals surface area contributed by atoms with E-state index < -0.39 is 0 Å². The molecule has 0 fully saturated rings. The van der Waals surface area contributed by atoms with Crippen LogP contribution in [0.15, 0.2) is 182 Å². The van der Waals surface area contributed by atoms with Gasteiger partial charge in [-0.15, -0.1) is 0 Å². The van der Waals surface area contributed by atoms with Crippen LogP contribution in [-0.2, 0) is 0 Å². The molecular formula is C58H30B2N2O4. The van der Waals surface area contributed by atoms with Crippen molar-refractivity contribution in [3.8, 4) is 46.0 Å². The molecule has 302 valence electrons. The third-order valence-corrected chi connectivity index (χ3v) is 15.0. The summed E-state index contributed by atoms with van der Waals surface area (Å²) in [7, 11) is 0. The Bertz CT molecular complexity index is 4100. The van der Waals surface area contributed by atoms with Gasteiger partial charge < -0.3 is 28.7 Å². The number of ether oxygens (including phenoxy) is 4. The van der Waals surface area contributed by atoms with Gasteiger partial charge in [0.1, 0.15) is 46.0 Å². The van der Waals surface area contributed by atoms with Crippen LogP contribution in [0.2, 0.25) is 0 Å². The molecule has 6 aliphatic heterocycles. The zero-order valence-corrected chi connectivity index (χ0v) is 35.0. The van der Waals surface area contributed by atoms with Gasteiger partial charge in [0.2, 0.25) is 0 Å². The molecule has 0 saturated carbocycles. The van der Waals surface area contributed by atoms with Crippen LogP contribution in [0.1, 0.15) is 0 Å². The van der Waals surface area contributed by atoms with Gasteiger partial charge in [0.05, 0.1) is 11.4 Å². The summed E-state index contributed by atoms with van der Waals surface area (Å²) in [4.78, 5) is 4.90. The quantitative estimate of drug-likeness (QED) is 0.162. The Hall–Kier alpha value is -8.61. The van der Waals surface area contributed by atoms with Crippen LogP contribution in [-0.4, -0.2) is 13.4 Å². The lowest BCUT2D eigenvalue weighted by atomic mass is 9.32. The summed E-state index contributed by atoms with van der Waals surface area (Å²) in [5.74, 6) is 6.80. The molecule has 8 heteroatoms. The van der Waals surface area contributed by atoms with Gasteiger partial charge >= 0.3 is 0 Å². The number of anilines is 6. The minimum absolute atomic E-state index is 0.140. The molecule has 17 rings (SSSR count). The molecule has 0 saturated heterocycles. The van der Waals surface area contributed by atoms with Gasteiger partial charge in [-0.2, -0.15) is 0 Å². The van der Waals surface area contributed by atoms with E-state index in [1.807, 2.05) is 0 Å². The summed E-state index contributed by atoms with van der Waals surface area (Å²) in [5, 5.41) is 8.64. The molecule has 6 aliphatic rings. The van der Waals surface area contributed by atoms with E-state index >= 15 is 0 Å². The standard InChI is InChI=1S/C58H30B2N2O4/c1-3-17-34(18-4-1)61-41-24-13-25-43-48(41)59-50-46(65-57-37-22-11-8-15-32(37)27-44(63-43)52(57)59)30-40-39(54(50)61)29-47-51-55(40)62(35-19-5-2-6-20-35)42-26-31-14-7-10-21-36(31)56-49(42)60(51)53-45(64-56)28-33-16-9-12-23-38(33)58(53)66-47/h1-30H. The minimum atomic E-state index is -0.171. The first-order valence-electron chi connectivity index (χ1n) is 22.6. The minimum Gasteiger partial charge on any atom is -0.458 e. The van der Waals surface area contributed by atoms with Crippen LogP contribution in [0, 0.1) is 0 Å². The first kappa shape index (κ1) is 33.9. The average molecular weight is 841 g/mol. The normalized spacial score (nSPS) is 14.4. The Balaban J connectivity index is 1.08. The maximum atomic E-state index is 7.50. The molecule has 0 unspecified atom stereocenters. The van der Waals surface area contributed by atoms with E-state index in [9.17, 15) is 0 Å². The number of benzene rings is 11. The molecule has 0 bridgehead atoms. The van der Waals surface area contributed by atoms with Crippen LogP contribution in [0.5, 0.6) is 46.0 Å².